The summed E-state index contributed by atoms with van der Waals surface area (Å²) >= 11 is 1.69. The van der Waals surface area contributed by atoms with E-state index in [0.717, 1.165) is 0 Å². The lowest BCUT2D eigenvalue weighted by Crippen LogP contribution is -2.32. The van der Waals surface area contributed by atoms with Crippen LogP contribution in [0.4, 0.5) is 0 Å². The van der Waals surface area contributed by atoms with Crippen molar-refractivity contribution in [1.29, 1.82) is 5.26 Å². The zero-order chi connectivity index (χ0) is 15.1. The Balaban J connectivity index is 1.74. The first kappa shape index (κ1) is 15.5. The molecule has 5 heteroatoms. The predicted octanol–water partition coefficient (Wildman–Crippen LogP) is 2.71. The van der Waals surface area contributed by atoms with Gasteiger partial charge in [0.1, 0.15) is 18.5 Å². The van der Waals surface area contributed by atoms with Gasteiger partial charge in [-0.25, -0.2) is 0 Å². The van der Waals surface area contributed by atoms with Crippen LogP contribution in [0.3, 0.4) is 0 Å². The van der Waals surface area contributed by atoms with Crippen LogP contribution in [0.15, 0.2) is 41.8 Å². The standard InChI is InChI=1S/C16H18N2O2S/c1-12(16-6-3-7-21-16)18-10-14(19)11-20-15-5-2-4-13(8-15)9-17/h2-8,12,14,18-19H,10-11H2,1H3. The SMILES string of the molecule is CC(NCC(O)COc1cccc(C#N)c1)c1cccs1. The fourth-order valence-corrected chi connectivity index (χ4v) is 2.62. The lowest BCUT2D eigenvalue weighted by atomic mass is 10.2. The molecule has 0 aliphatic heterocycles. The van der Waals surface area contributed by atoms with E-state index < -0.39 is 6.10 Å². The zero-order valence-corrected chi connectivity index (χ0v) is 12.6. The van der Waals surface area contributed by atoms with Crippen molar-refractivity contribution in [2.75, 3.05) is 13.2 Å². The van der Waals surface area contributed by atoms with Gasteiger partial charge in [0.25, 0.3) is 0 Å². The fraction of sp³-hybridized carbons (Fsp3) is 0.312. The van der Waals surface area contributed by atoms with Crippen LogP contribution < -0.4 is 10.1 Å². The molecule has 2 unspecified atom stereocenters. The van der Waals surface area contributed by atoms with Crippen LogP contribution in [0.25, 0.3) is 0 Å². The molecule has 0 radical (unpaired) electrons. The molecule has 1 aromatic carbocycles. The van der Waals surface area contributed by atoms with Crippen molar-refractivity contribution < 1.29 is 9.84 Å². The number of ether oxygens (including phenoxy) is 1. The van der Waals surface area contributed by atoms with Gasteiger partial charge in [-0.05, 0) is 36.6 Å². The van der Waals surface area contributed by atoms with Gasteiger partial charge in [-0.1, -0.05) is 12.1 Å². The van der Waals surface area contributed by atoms with E-state index >= 15 is 0 Å². The van der Waals surface area contributed by atoms with E-state index in [1.165, 1.54) is 4.88 Å². The van der Waals surface area contributed by atoms with Crippen LogP contribution in [0.2, 0.25) is 0 Å². The van der Waals surface area contributed by atoms with Crippen LogP contribution in [-0.2, 0) is 0 Å². The van der Waals surface area contributed by atoms with E-state index in [0.29, 0.717) is 17.9 Å². The number of hydrogen-bond acceptors (Lipinski definition) is 5. The summed E-state index contributed by atoms with van der Waals surface area (Å²) in [6.07, 6.45) is -0.599. The summed E-state index contributed by atoms with van der Waals surface area (Å²) in [5.41, 5.74) is 0.548. The summed E-state index contributed by atoms with van der Waals surface area (Å²) < 4.78 is 5.49. The third-order valence-corrected chi connectivity index (χ3v) is 4.09. The first-order chi connectivity index (χ1) is 10.2. The molecule has 0 amide bonds. The second-order valence-electron chi connectivity index (χ2n) is 4.75. The Morgan fingerprint density at radius 2 is 2.24 bits per heavy atom. The molecule has 2 atom stereocenters. The summed E-state index contributed by atoms with van der Waals surface area (Å²) in [5.74, 6) is 0.597. The Morgan fingerprint density at radius 1 is 1.38 bits per heavy atom. The lowest BCUT2D eigenvalue weighted by molar-refractivity contribution is 0.104. The van der Waals surface area contributed by atoms with Gasteiger partial charge in [0.05, 0.1) is 11.6 Å². The first-order valence-electron chi connectivity index (χ1n) is 6.77. The van der Waals surface area contributed by atoms with E-state index in [9.17, 15) is 5.11 Å². The average molecular weight is 302 g/mol. The summed E-state index contributed by atoms with van der Waals surface area (Å²) in [5, 5.41) is 24.1. The van der Waals surface area contributed by atoms with Crippen LogP contribution in [0.1, 0.15) is 23.4 Å². The van der Waals surface area contributed by atoms with Gasteiger partial charge >= 0.3 is 0 Å². The highest BCUT2D eigenvalue weighted by Gasteiger charge is 2.10. The Bertz CT molecular complexity index is 593. The van der Waals surface area contributed by atoms with Gasteiger partial charge in [-0.3, -0.25) is 0 Å². The molecule has 0 saturated heterocycles. The highest BCUT2D eigenvalue weighted by atomic mass is 32.1. The maximum atomic E-state index is 9.93. The molecule has 21 heavy (non-hydrogen) atoms. The Labute approximate surface area is 128 Å². The van der Waals surface area contributed by atoms with E-state index in [4.69, 9.17) is 10.00 Å². The number of hydrogen-bond donors (Lipinski definition) is 2. The molecule has 0 bridgehead atoms. The highest BCUT2D eigenvalue weighted by Crippen LogP contribution is 2.18. The number of benzene rings is 1. The van der Waals surface area contributed by atoms with Gasteiger partial charge in [0.2, 0.25) is 0 Å². The third kappa shape index (κ3) is 4.87. The van der Waals surface area contributed by atoms with Gasteiger partial charge in [-0.15, -0.1) is 11.3 Å². The number of nitriles is 1. The van der Waals surface area contributed by atoms with Crippen LogP contribution >= 0.6 is 11.3 Å². The van der Waals surface area contributed by atoms with Crippen LogP contribution in [0.5, 0.6) is 5.75 Å². The van der Waals surface area contributed by atoms with Gasteiger partial charge in [0.15, 0.2) is 0 Å². The Hall–Kier alpha value is -1.87. The van der Waals surface area contributed by atoms with Crippen molar-refractivity contribution in [3.8, 4) is 11.8 Å². The molecule has 110 valence electrons. The van der Waals surface area contributed by atoms with Crippen molar-refractivity contribution in [3.05, 3.63) is 52.2 Å². The summed E-state index contributed by atoms with van der Waals surface area (Å²) in [7, 11) is 0. The molecule has 1 aromatic heterocycles. The Kier molecular flexibility index (Phi) is 5.76. The quantitative estimate of drug-likeness (QED) is 0.825. The minimum atomic E-state index is -0.599. The van der Waals surface area contributed by atoms with Gasteiger partial charge < -0.3 is 15.2 Å². The minimum absolute atomic E-state index is 0.193. The van der Waals surface area contributed by atoms with Crippen molar-refractivity contribution in [2.45, 2.75) is 19.1 Å². The van der Waals surface area contributed by atoms with E-state index in [1.54, 1.807) is 35.6 Å². The second-order valence-corrected chi connectivity index (χ2v) is 5.73. The zero-order valence-electron chi connectivity index (χ0n) is 11.8. The smallest absolute Gasteiger partial charge is 0.120 e. The first-order valence-corrected chi connectivity index (χ1v) is 7.65. The molecular formula is C16H18N2O2S. The number of nitrogens with one attached hydrogen (secondary N) is 1. The number of rotatable bonds is 7. The predicted molar refractivity (Wildman–Crippen MR) is 83.4 cm³/mol. The monoisotopic (exact) mass is 302 g/mol. The summed E-state index contributed by atoms with van der Waals surface area (Å²) in [6.45, 7) is 2.71. The molecule has 2 N–H and O–H groups in total. The fourth-order valence-electron chi connectivity index (χ4n) is 1.86. The van der Waals surface area contributed by atoms with Crippen LogP contribution in [-0.4, -0.2) is 24.4 Å². The number of thiophene rings is 1. The molecule has 4 nitrogen and oxygen atoms in total. The van der Waals surface area contributed by atoms with E-state index in [1.807, 2.05) is 11.4 Å². The molecule has 0 fully saturated rings. The molecule has 1 heterocycles. The summed E-state index contributed by atoms with van der Waals surface area (Å²) in [4.78, 5) is 1.24. The van der Waals surface area contributed by atoms with E-state index in [-0.39, 0.29) is 12.6 Å². The molecular weight excluding hydrogens is 284 g/mol. The minimum Gasteiger partial charge on any atom is -0.491 e. The van der Waals surface area contributed by atoms with Gasteiger partial charge in [-0.2, -0.15) is 5.26 Å². The molecule has 0 spiro atoms. The van der Waals surface area contributed by atoms with Crippen molar-refractivity contribution >= 4 is 11.3 Å². The summed E-state index contributed by atoms with van der Waals surface area (Å²) in [6, 6.07) is 13.3. The lowest BCUT2D eigenvalue weighted by Gasteiger charge is -2.16. The van der Waals surface area contributed by atoms with E-state index in [2.05, 4.69) is 24.4 Å². The van der Waals surface area contributed by atoms with Crippen molar-refractivity contribution in [1.82, 2.24) is 5.32 Å². The molecule has 2 aromatic rings. The molecule has 0 aliphatic rings. The Morgan fingerprint density at radius 3 is 2.95 bits per heavy atom. The van der Waals surface area contributed by atoms with Gasteiger partial charge in [0, 0.05) is 17.5 Å². The highest BCUT2D eigenvalue weighted by molar-refractivity contribution is 7.10. The second kappa shape index (κ2) is 7.79. The van der Waals surface area contributed by atoms with Crippen LogP contribution in [0, 0.1) is 11.3 Å². The number of nitrogens with zero attached hydrogens (tertiary/aromatic N) is 1. The third-order valence-electron chi connectivity index (χ3n) is 3.04. The largest absolute Gasteiger partial charge is 0.491 e. The maximum absolute atomic E-state index is 9.93. The molecule has 0 aliphatic carbocycles. The van der Waals surface area contributed by atoms with Crippen molar-refractivity contribution in [3.63, 3.8) is 0 Å². The average Bonchev–Trinajstić information content (AvgIpc) is 3.05. The maximum Gasteiger partial charge on any atom is 0.120 e. The topological polar surface area (TPSA) is 65.3 Å². The van der Waals surface area contributed by atoms with Crippen molar-refractivity contribution in [2.24, 2.45) is 0 Å². The number of aliphatic hydroxyl groups excluding tert-OH is 1. The molecule has 0 saturated carbocycles. The normalized spacial score (nSPS) is 13.4. The number of aliphatic hydroxyl groups is 1. The molecule has 2 rings (SSSR count).